The molecule has 0 radical (unpaired) electrons. The highest BCUT2D eigenvalue weighted by Gasteiger charge is 2.47. The average molecular weight is 419 g/mol. The van der Waals surface area contributed by atoms with Crippen molar-refractivity contribution in [1.29, 1.82) is 0 Å². The average Bonchev–Trinajstić information content (AvgIpc) is 3.23. The Morgan fingerprint density at radius 2 is 2.19 bits per heavy atom. The number of benzene rings is 1. The number of carbonyl (C=O) groups excluding carboxylic acids is 1. The van der Waals surface area contributed by atoms with Gasteiger partial charge in [-0.2, -0.15) is 0 Å². The van der Waals surface area contributed by atoms with Crippen LogP contribution in [0.15, 0.2) is 48.2 Å². The highest BCUT2D eigenvalue weighted by atomic mass is 16.5. The highest BCUT2D eigenvalue weighted by molar-refractivity contribution is 5.80. The second-order valence-electron chi connectivity index (χ2n) is 9.21. The number of nitrogens with one attached hydrogen (secondary N) is 1. The summed E-state index contributed by atoms with van der Waals surface area (Å²) in [6.45, 7) is 5.46. The van der Waals surface area contributed by atoms with Crippen molar-refractivity contribution >= 4 is 11.9 Å². The van der Waals surface area contributed by atoms with E-state index in [1.54, 1.807) is 0 Å². The van der Waals surface area contributed by atoms with Gasteiger partial charge in [0.25, 0.3) is 0 Å². The molecule has 1 fully saturated rings. The molecule has 1 aliphatic carbocycles. The third-order valence-electron chi connectivity index (χ3n) is 6.95. The van der Waals surface area contributed by atoms with Crippen LogP contribution in [0.25, 0.3) is 0 Å². The second-order valence-corrected chi connectivity index (χ2v) is 9.21. The molecule has 6 heteroatoms. The van der Waals surface area contributed by atoms with Crippen LogP contribution in [0.4, 0.5) is 5.95 Å². The second kappa shape index (κ2) is 8.42. The van der Waals surface area contributed by atoms with Crippen LogP contribution in [-0.4, -0.2) is 40.5 Å². The third-order valence-corrected chi connectivity index (χ3v) is 6.95. The number of hydrogen-bond acceptors (Lipinski definition) is 5. The van der Waals surface area contributed by atoms with Crippen LogP contribution in [-0.2, 0) is 28.1 Å². The van der Waals surface area contributed by atoms with Crippen molar-refractivity contribution in [3.05, 3.63) is 65.0 Å². The van der Waals surface area contributed by atoms with E-state index in [2.05, 4.69) is 40.3 Å². The predicted octanol–water partition coefficient (Wildman–Crippen LogP) is 3.84. The van der Waals surface area contributed by atoms with Gasteiger partial charge in [-0.15, -0.1) is 0 Å². The topological polar surface area (TPSA) is 67.4 Å². The molecule has 6 nitrogen and oxygen atoms in total. The summed E-state index contributed by atoms with van der Waals surface area (Å²) in [4.78, 5) is 24.7. The lowest BCUT2D eigenvalue weighted by atomic mass is 9.80. The first kappa shape index (κ1) is 20.2. The van der Waals surface area contributed by atoms with Gasteiger partial charge in [0, 0.05) is 37.3 Å². The molecular formula is C25H30N4O2. The van der Waals surface area contributed by atoms with Crippen molar-refractivity contribution < 1.29 is 9.53 Å². The Balaban J connectivity index is 1.32. The lowest BCUT2D eigenvalue weighted by Gasteiger charge is -2.35. The molecule has 0 saturated carbocycles. The Morgan fingerprint density at radius 3 is 3.00 bits per heavy atom. The summed E-state index contributed by atoms with van der Waals surface area (Å²) in [6, 6.07) is 10.3. The van der Waals surface area contributed by atoms with Gasteiger partial charge in [-0.1, -0.05) is 42.0 Å². The van der Waals surface area contributed by atoms with Crippen molar-refractivity contribution in [2.75, 3.05) is 25.0 Å². The standard InChI is InChI=1S/C25H30N4O2/c1-18-7-9-20(10-8-18)23(30)29-12-11-25(16-29)17-31-15-21-14-27-24(28-22(21)25)26-13-19-5-3-2-4-6-19/h2-7,14,20H,8-13,15-17H2,1H3,(H,26,27,28)/t20-,25-/m1/s1. The summed E-state index contributed by atoms with van der Waals surface area (Å²) < 4.78 is 5.94. The van der Waals surface area contributed by atoms with E-state index in [0.29, 0.717) is 38.2 Å². The first-order valence-corrected chi connectivity index (χ1v) is 11.3. The molecule has 2 aromatic rings. The number of nitrogens with zero attached hydrogens (tertiary/aromatic N) is 3. The van der Waals surface area contributed by atoms with E-state index in [-0.39, 0.29) is 11.3 Å². The normalized spacial score (nSPS) is 25.3. The Hall–Kier alpha value is -2.73. The van der Waals surface area contributed by atoms with Gasteiger partial charge in [0.15, 0.2) is 0 Å². The number of fused-ring (bicyclic) bond motifs is 2. The quantitative estimate of drug-likeness (QED) is 0.765. The van der Waals surface area contributed by atoms with Crippen LogP contribution in [0.3, 0.4) is 0 Å². The molecular weight excluding hydrogens is 388 g/mol. The zero-order chi connectivity index (χ0) is 21.3. The summed E-state index contributed by atoms with van der Waals surface area (Å²) in [5, 5.41) is 3.36. The molecule has 1 amide bonds. The first-order valence-electron chi connectivity index (χ1n) is 11.3. The number of ether oxygens (including phenoxy) is 1. The number of allylic oxidation sites excluding steroid dienone is 2. The number of rotatable bonds is 4. The van der Waals surface area contributed by atoms with E-state index < -0.39 is 0 Å². The van der Waals surface area contributed by atoms with E-state index in [1.165, 1.54) is 11.1 Å². The fraction of sp³-hybridized carbons (Fsp3) is 0.480. The Bertz CT molecular complexity index is 990. The minimum absolute atomic E-state index is 0.122. The summed E-state index contributed by atoms with van der Waals surface area (Å²) in [7, 11) is 0. The Morgan fingerprint density at radius 1 is 1.32 bits per heavy atom. The molecule has 31 heavy (non-hydrogen) atoms. The van der Waals surface area contributed by atoms with Crippen LogP contribution in [0, 0.1) is 5.92 Å². The number of hydrogen-bond donors (Lipinski definition) is 1. The fourth-order valence-corrected chi connectivity index (χ4v) is 5.08. The third kappa shape index (κ3) is 4.09. The molecule has 1 aromatic carbocycles. The number of likely N-dealkylation sites (tertiary alicyclic amines) is 1. The van der Waals surface area contributed by atoms with Gasteiger partial charge in [-0.25, -0.2) is 9.97 Å². The van der Waals surface area contributed by atoms with Crippen LogP contribution >= 0.6 is 0 Å². The first-order chi connectivity index (χ1) is 15.1. The minimum Gasteiger partial charge on any atom is -0.376 e. The molecule has 2 atom stereocenters. The van der Waals surface area contributed by atoms with Gasteiger partial charge >= 0.3 is 0 Å². The molecule has 162 valence electrons. The summed E-state index contributed by atoms with van der Waals surface area (Å²) in [5.74, 6) is 1.06. The van der Waals surface area contributed by atoms with E-state index in [1.807, 2.05) is 24.4 Å². The SMILES string of the molecule is CC1=CC[C@@H](C(=O)N2CC[C@]3(COCc4cnc(NCc5ccccc5)nc43)C2)CC1. The van der Waals surface area contributed by atoms with Crippen LogP contribution in [0.2, 0.25) is 0 Å². The van der Waals surface area contributed by atoms with Crippen molar-refractivity contribution in [1.82, 2.24) is 14.9 Å². The monoisotopic (exact) mass is 418 g/mol. The van der Waals surface area contributed by atoms with E-state index in [0.717, 1.165) is 43.5 Å². The Labute approximate surface area is 183 Å². The number of anilines is 1. The summed E-state index contributed by atoms with van der Waals surface area (Å²) in [6.07, 6.45) is 7.88. The van der Waals surface area contributed by atoms with E-state index >= 15 is 0 Å². The van der Waals surface area contributed by atoms with Gasteiger partial charge in [-0.05, 0) is 38.2 Å². The van der Waals surface area contributed by atoms with Gasteiger partial charge in [0.1, 0.15) is 0 Å². The molecule has 1 spiro atoms. The van der Waals surface area contributed by atoms with Crippen molar-refractivity contribution in [3.8, 4) is 0 Å². The number of carbonyl (C=O) groups is 1. The van der Waals surface area contributed by atoms with Gasteiger partial charge in [-0.3, -0.25) is 4.79 Å². The Kier molecular flexibility index (Phi) is 5.48. The van der Waals surface area contributed by atoms with Gasteiger partial charge in [0.05, 0.1) is 24.3 Å². The minimum atomic E-state index is -0.226. The molecule has 1 aromatic heterocycles. The van der Waals surface area contributed by atoms with Crippen molar-refractivity contribution in [3.63, 3.8) is 0 Å². The van der Waals surface area contributed by atoms with E-state index in [9.17, 15) is 4.79 Å². The molecule has 3 heterocycles. The predicted molar refractivity (Wildman–Crippen MR) is 119 cm³/mol. The maximum atomic E-state index is 13.2. The van der Waals surface area contributed by atoms with Gasteiger partial charge < -0.3 is 15.0 Å². The lowest BCUT2D eigenvalue weighted by Crippen LogP contribution is -2.43. The maximum absolute atomic E-state index is 13.2. The zero-order valence-corrected chi connectivity index (χ0v) is 18.1. The van der Waals surface area contributed by atoms with Crippen LogP contribution in [0.5, 0.6) is 0 Å². The molecule has 1 N–H and O–H groups in total. The molecule has 1 saturated heterocycles. The van der Waals surface area contributed by atoms with Crippen LogP contribution in [0.1, 0.15) is 49.4 Å². The van der Waals surface area contributed by atoms with Crippen LogP contribution < -0.4 is 5.32 Å². The van der Waals surface area contributed by atoms with E-state index in [4.69, 9.17) is 9.72 Å². The molecule has 0 unspecified atom stereocenters. The maximum Gasteiger partial charge on any atom is 0.226 e. The molecule has 2 aliphatic heterocycles. The fourth-order valence-electron chi connectivity index (χ4n) is 5.08. The lowest BCUT2D eigenvalue weighted by molar-refractivity contribution is -0.135. The number of aromatic nitrogens is 2. The van der Waals surface area contributed by atoms with Crippen molar-refractivity contribution in [2.45, 2.75) is 51.2 Å². The molecule has 3 aliphatic rings. The summed E-state index contributed by atoms with van der Waals surface area (Å²) >= 11 is 0. The number of amides is 1. The molecule has 0 bridgehead atoms. The van der Waals surface area contributed by atoms with Crippen molar-refractivity contribution in [2.24, 2.45) is 5.92 Å². The largest absolute Gasteiger partial charge is 0.376 e. The smallest absolute Gasteiger partial charge is 0.226 e. The summed E-state index contributed by atoms with van der Waals surface area (Å²) in [5.41, 5.74) is 4.47. The highest BCUT2D eigenvalue weighted by Crippen LogP contribution is 2.40. The zero-order valence-electron chi connectivity index (χ0n) is 18.1. The molecule has 5 rings (SSSR count). The van der Waals surface area contributed by atoms with Gasteiger partial charge in [0.2, 0.25) is 11.9 Å².